The highest BCUT2D eigenvalue weighted by Crippen LogP contribution is 2.37. The van der Waals surface area contributed by atoms with Gasteiger partial charge in [-0.05, 0) is 36.4 Å². The molecular weight excluding hydrogens is 420 g/mol. The van der Waals surface area contributed by atoms with Crippen molar-refractivity contribution in [1.29, 1.82) is 0 Å². The zero-order valence-electron chi connectivity index (χ0n) is 19.2. The SMILES string of the molecule is COc1ccc2ncc3c(-c4ccc(OC)c(OC)c4)n(CCN4CCOCC4)nc3c2c1. The van der Waals surface area contributed by atoms with Crippen LogP contribution in [0.5, 0.6) is 17.2 Å². The van der Waals surface area contributed by atoms with Gasteiger partial charge in [0.15, 0.2) is 11.5 Å². The molecule has 172 valence electrons. The molecule has 0 atom stereocenters. The summed E-state index contributed by atoms with van der Waals surface area (Å²) in [6.45, 7) is 5.08. The summed E-state index contributed by atoms with van der Waals surface area (Å²) >= 11 is 0. The lowest BCUT2D eigenvalue weighted by molar-refractivity contribution is 0.0360. The highest BCUT2D eigenvalue weighted by molar-refractivity contribution is 6.08. The number of nitrogens with zero attached hydrogens (tertiary/aromatic N) is 4. The van der Waals surface area contributed by atoms with Crippen LogP contribution >= 0.6 is 0 Å². The molecule has 1 aliphatic heterocycles. The fraction of sp³-hybridized carbons (Fsp3) is 0.360. The molecule has 4 aromatic rings. The van der Waals surface area contributed by atoms with Crippen LogP contribution in [0.4, 0.5) is 0 Å². The van der Waals surface area contributed by atoms with Crippen molar-refractivity contribution < 1.29 is 18.9 Å². The van der Waals surface area contributed by atoms with Gasteiger partial charge < -0.3 is 18.9 Å². The van der Waals surface area contributed by atoms with Crippen molar-refractivity contribution in [3.8, 4) is 28.5 Å². The number of hydrogen-bond donors (Lipinski definition) is 0. The minimum absolute atomic E-state index is 0.680. The maximum atomic E-state index is 5.57. The van der Waals surface area contributed by atoms with Crippen molar-refractivity contribution in [3.63, 3.8) is 0 Å². The van der Waals surface area contributed by atoms with Gasteiger partial charge in [-0.3, -0.25) is 14.6 Å². The Morgan fingerprint density at radius 1 is 0.879 bits per heavy atom. The largest absolute Gasteiger partial charge is 0.497 e. The number of hydrogen-bond acceptors (Lipinski definition) is 7. The van der Waals surface area contributed by atoms with Crippen LogP contribution in [-0.4, -0.2) is 73.8 Å². The highest BCUT2D eigenvalue weighted by atomic mass is 16.5. The molecule has 33 heavy (non-hydrogen) atoms. The average Bonchev–Trinajstić information content (AvgIpc) is 3.26. The van der Waals surface area contributed by atoms with E-state index >= 15 is 0 Å². The molecule has 0 spiro atoms. The number of pyridine rings is 1. The molecule has 0 saturated carbocycles. The molecule has 2 aromatic carbocycles. The lowest BCUT2D eigenvalue weighted by atomic mass is 10.1. The Labute approximate surface area is 192 Å². The number of aromatic nitrogens is 3. The van der Waals surface area contributed by atoms with E-state index in [2.05, 4.69) is 9.58 Å². The number of ether oxygens (including phenoxy) is 4. The predicted octanol–water partition coefficient (Wildman–Crippen LogP) is 3.61. The standard InChI is InChI=1S/C25H28N4O4/c1-30-18-5-6-21-19(15-18)24-20(16-26-21)25(17-4-7-22(31-2)23(14-17)32-3)29(27-24)9-8-28-10-12-33-13-11-28/h4-7,14-16H,8-13H2,1-3H3. The minimum Gasteiger partial charge on any atom is -0.497 e. The molecule has 8 heteroatoms. The second-order valence-corrected chi connectivity index (χ2v) is 8.00. The van der Waals surface area contributed by atoms with E-state index in [0.717, 1.165) is 78.2 Å². The fourth-order valence-electron chi connectivity index (χ4n) is 4.39. The van der Waals surface area contributed by atoms with Gasteiger partial charge in [0.1, 0.15) is 11.3 Å². The van der Waals surface area contributed by atoms with Gasteiger partial charge in [-0.1, -0.05) is 0 Å². The third kappa shape index (κ3) is 4.07. The maximum absolute atomic E-state index is 5.57. The maximum Gasteiger partial charge on any atom is 0.161 e. The fourth-order valence-corrected chi connectivity index (χ4v) is 4.39. The van der Waals surface area contributed by atoms with Gasteiger partial charge in [0.05, 0.1) is 52.3 Å². The van der Waals surface area contributed by atoms with Gasteiger partial charge in [-0.25, -0.2) is 0 Å². The van der Waals surface area contributed by atoms with Crippen molar-refractivity contribution in [1.82, 2.24) is 19.7 Å². The Kier molecular flexibility index (Phi) is 6.02. The number of rotatable bonds is 7. The molecule has 1 fully saturated rings. The minimum atomic E-state index is 0.680. The summed E-state index contributed by atoms with van der Waals surface area (Å²) in [5, 5.41) is 7.03. The van der Waals surface area contributed by atoms with Crippen LogP contribution in [0.1, 0.15) is 0 Å². The van der Waals surface area contributed by atoms with Crippen LogP contribution in [0.15, 0.2) is 42.6 Å². The quantitative estimate of drug-likeness (QED) is 0.428. The first-order valence-electron chi connectivity index (χ1n) is 11.1. The Hall–Kier alpha value is -3.36. The van der Waals surface area contributed by atoms with Crippen molar-refractivity contribution in [3.05, 3.63) is 42.6 Å². The highest BCUT2D eigenvalue weighted by Gasteiger charge is 2.19. The van der Waals surface area contributed by atoms with Crippen molar-refractivity contribution in [2.75, 3.05) is 54.2 Å². The molecule has 2 aromatic heterocycles. The van der Waals surface area contributed by atoms with E-state index in [1.54, 1.807) is 21.3 Å². The monoisotopic (exact) mass is 448 g/mol. The number of methoxy groups -OCH3 is 3. The second kappa shape index (κ2) is 9.25. The van der Waals surface area contributed by atoms with Crippen LogP contribution in [0.3, 0.4) is 0 Å². The normalized spacial score (nSPS) is 14.6. The predicted molar refractivity (Wildman–Crippen MR) is 127 cm³/mol. The summed E-state index contributed by atoms with van der Waals surface area (Å²) in [6, 6.07) is 11.9. The topological polar surface area (TPSA) is 70.9 Å². The first-order chi connectivity index (χ1) is 16.2. The van der Waals surface area contributed by atoms with Crippen LogP contribution in [0, 0.1) is 0 Å². The van der Waals surface area contributed by atoms with E-state index in [0.29, 0.717) is 11.5 Å². The van der Waals surface area contributed by atoms with Crippen molar-refractivity contribution >= 4 is 21.8 Å². The molecule has 0 amide bonds. The molecule has 1 saturated heterocycles. The summed E-state index contributed by atoms with van der Waals surface area (Å²) in [6.07, 6.45) is 1.91. The van der Waals surface area contributed by atoms with Gasteiger partial charge in [-0.15, -0.1) is 0 Å². The Balaban J connectivity index is 1.66. The van der Waals surface area contributed by atoms with Crippen LogP contribution in [0.2, 0.25) is 0 Å². The molecule has 0 aliphatic carbocycles. The molecule has 3 heterocycles. The number of benzene rings is 2. The second-order valence-electron chi connectivity index (χ2n) is 8.00. The van der Waals surface area contributed by atoms with Crippen LogP contribution in [-0.2, 0) is 11.3 Å². The smallest absolute Gasteiger partial charge is 0.161 e. The van der Waals surface area contributed by atoms with Crippen LogP contribution < -0.4 is 14.2 Å². The third-order valence-electron chi connectivity index (χ3n) is 6.17. The van der Waals surface area contributed by atoms with Gasteiger partial charge in [-0.2, -0.15) is 5.10 Å². The lowest BCUT2D eigenvalue weighted by Gasteiger charge is -2.26. The van der Waals surface area contributed by atoms with Gasteiger partial charge in [0.25, 0.3) is 0 Å². The average molecular weight is 449 g/mol. The Morgan fingerprint density at radius 2 is 1.70 bits per heavy atom. The van der Waals surface area contributed by atoms with Gasteiger partial charge >= 0.3 is 0 Å². The Morgan fingerprint density at radius 3 is 2.45 bits per heavy atom. The van der Waals surface area contributed by atoms with Gasteiger partial charge in [0, 0.05) is 42.2 Å². The summed E-state index contributed by atoms with van der Waals surface area (Å²) in [5.41, 5.74) is 3.81. The molecule has 0 N–H and O–H groups in total. The molecular formula is C25H28N4O4. The Bertz CT molecular complexity index is 1280. The third-order valence-corrected chi connectivity index (χ3v) is 6.17. The first kappa shape index (κ1) is 21.5. The van der Waals surface area contributed by atoms with Crippen molar-refractivity contribution in [2.45, 2.75) is 6.54 Å². The zero-order valence-corrected chi connectivity index (χ0v) is 19.2. The van der Waals surface area contributed by atoms with Crippen molar-refractivity contribution in [2.24, 2.45) is 0 Å². The summed E-state index contributed by atoms with van der Waals surface area (Å²) in [4.78, 5) is 7.13. The number of morpholine rings is 1. The molecule has 1 aliphatic rings. The molecule has 5 rings (SSSR count). The number of fused-ring (bicyclic) bond motifs is 3. The first-order valence-corrected chi connectivity index (χ1v) is 11.1. The van der Waals surface area contributed by atoms with E-state index < -0.39 is 0 Å². The van der Waals surface area contributed by atoms with E-state index in [9.17, 15) is 0 Å². The molecule has 8 nitrogen and oxygen atoms in total. The molecule has 0 bridgehead atoms. The van der Waals surface area contributed by atoms with Gasteiger partial charge in [0.2, 0.25) is 0 Å². The summed E-state index contributed by atoms with van der Waals surface area (Å²) in [7, 11) is 4.96. The summed E-state index contributed by atoms with van der Waals surface area (Å²) in [5.74, 6) is 2.16. The van der Waals surface area contributed by atoms with E-state index in [4.69, 9.17) is 29.0 Å². The van der Waals surface area contributed by atoms with E-state index in [-0.39, 0.29) is 0 Å². The van der Waals surface area contributed by atoms with E-state index in [1.807, 2.05) is 42.6 Å². The lowest BCUT2D eigenvalue weighted by Crippen LogP contribution is -2.38. The zero-order chi connectivity index (χ0) is 22.8. The summed E-state index contributed by atoms with van der Waals surface area (Å²) < 4.78 is 24.1. The van der Waals surface area contributed by atoms with Crippen LogP contribution in [0.25, 0.3) is 33.1 Å². The molecule has 0 unspecified atom stereocenters. The molecule has 0 radical (unpaired) electrons. The van der Waals surface area contributed by atoms with E-state index in [1.165, 1.54) is 0 Å².